The van der Waals surface area contributed by atoms with Gasteiger partial charge < -0.3 is 9.52 Å². The average molecular weight is 366 g/mol. The van der Waals surface area contributed by atoms with Crippen LogP contribution in [-0.2, 0) is 16.6 Å². The van der Waals surface area contributed by atoms with Crippen LogP contribution in [0.5, 0.6) is 0 Å². The highest BCUT2D eigenvalue weighted by Gasteiger charge is 2.22. The van der Waals surface area contributed by atoms with E-state index in [1.807, 2.05) is 0 Å². The monoisotopic (exact) mass is 365 g/mol. The molecule has 0 aromatic carbocycles. The van der Waals surface area contributed by atoms with Gasteiger partial charge in [0.2, 0.25) is 10.0 Å². The maximum absolute atomic E-state index is 12.1. The first-order valence-corrected chi connectivity index (χ1v) is 9.19. The van der Waals surface area contributed by atoms with Crippen molar-refractivity contribution in [1.29, 1.82) is 0 Å². The topological polar surface area (TPSA) is 79.5 Å². The van der Waals surface area contributed by atoms with E-state index in [1.54, 1.807) is 0 Å². The normalized spacial score (nSPS) is 17.5. The Bertz CT molecular complexity index is 535. The molecule has 0 radical (unpaired) electrons. The van der Waals surface area contributed by atoms with Crippen LogP contribution in [0.15, 0.2) is 20.0 Å². The number of aliphatic hydroxyl groups excluding tert-OH is 1. The Balaban J connectivity index is 1.91. The molecule has 2 N–H and O–H groups in total. The summed E-state index contributed by atoms with van der Waals surface area (Å²) in [7, 11) is -3.58. The SMILES string of the molecule is O=S(=O)(NCCC1CCCCC1)c1cc(CO)oc1Br. The molecule has 1 aliphatic rings. The van der Waals surface area contributed by atoms with Crippen LogP contribution in [0.3, 0.4) is 0 Å². The molecule has 5 nitrogen and oxygen atoms in total. The third kappa shape index (κ3) is 4.07. The lowest BCUT2D eigenvalue weighted by molar-refractivity contribution is 0.245. The highest BCUT2D eigenvalue weighted by atomic mass is 79.9. The van der Waals surface area contributed by atoms with Crippen molar-refractivity contribution in [3.63, 3.8) is 0 Å². The van der Waals surface area contributed by atoms with Crippen LogP contribution in [0.2, 0.25) is 0 Å². The number of rotatable bonds is 6. The molecule has 0 spiro atoms. The minimum atomic E-state index is -3.58. The van der Waals surface area contributed by atoms with Gasteiger partial charge in [0.25, 0.3) is 0 Å². The minimum Gasteiger partial charge on any atom is -0.450 e. The van der Waals surface area contributed by atoms with E-state index >= 15 is 0 Å². The van der Waals surface area contributed by atoms with E-state index in [1.165, 1.54) is 38.2 Å². The number of sulfonamides is 1. The molecule has 1 fully saturated rings. The van der Waals surface area contributed by atoms with Gasteiger partial charge in [-0.1, -0.05) is 32.1 Å². The fourth-order valence-electron chi connectivity index (χ4n) is 2.61. The summed E-state index contributed by atoms with van der Waals surface area (Å²) in [6, 6.07) is 1.34. The summed E-state index contributed by atoms with van der Waals surface area (Å²) in [5, 5.41) is 8.96. The van der Waals surface area contributed by atoms with Gasteiger partial charge in [-0.05, 0) is 28.3 Å². The maximum atomic E-state index is 12.1. The summed E-state index contributed by atoms with van der Waals surface area (Å²) in [5.41, 5.74) is 0. The second-order valence-corrected chi connectivity index (χ2v) is 7.65. The highest BCUT2D eigenvalue weighted by molar-refractivity contribution is 9.10. The first-order valence-electron chi connectivity index (χ1n) is 6.91. The predicted octanol–water partition coefficient (Wildman–Crippen LogP) is 2.78. The van der Waals surface area contributed by atoms with E-state index in [-0.39, 0.29) is 21.9 Å². The molecule has 0 atom stereocenters. The average Bonchev–Trinajstić information content (AvgIpc) is 2.82. The van der Waals surface area contributed by atoms with Crippen molar-refractivity contribution < 1.29 is 17.9 Å². The van der Waals surface area contributed by atoms with Gasteiger partial charge in [0, 0.05) is 12.6 Å². The number of hydrogen-bond donors (Lipinski definition) is 2. The predicted molar refractivity (Wildman–Crippen MR) is 78.7 cm³/mol. The molecule has 20 heavy (non-hydrogen) atoms. The third-order valence-corrected chi connectivity index (χ3v) is 6.04. The second kappa shape index (κ2) is 7.06. The number of hydrogen-bond acceptors (Lipinski definition) is 4. The molecule has 0 amide bonds. The van der Waals surface area contributed by atoms with E-state index < -0.39 is 10.0 Å². The van der Waals surface area contributed by atoms with E-state index in [2.05, 4.69) is 20.7 Å². The molecular weight excluding hydrogens is 346 g/mol. The molecule has 0 saturated heterocycles. The van der Waals surface area contributed by atoms with Gasteiger partial charge in [-0.25, -0.2) is 13.1 Å². The largest absolute Gasteiger partial charge is 0.450 e. The lowest BCUT2D eigenvalue weighted by Crippen LogP contribution is -2.26. The number of nitrogens with one attached hydrogen (secondary N) is 1. The van der Waals surface area contributed by atoms with Crippen LogP contribution in [0, 0.1) is 5.92 Å². The molecule has 114 valence electrons. The minimum absolute atomic E-state index is 0.0465. The van der Waals surface area contributed by atoms with Crippen molar-refractivity contribution in [3.05, 3.63) is 16.5 Å². The molecular formula is C13H20BrNO4S. The van der Waals surface area contributed by atoms with Gasteiger partial charge in [-0.2, -0.15) is 0 Å². The highest BCUT2D eigenvalue weighted by Crippen LogP contribution is 2.27. The Morgan fingerprint density at radius 1 is 1.35 bits per heavy atom. The quantitative estimate of drug-likeness (QED) is 0.812. The summed E-state index contributed by atoms with van der Waals surface area (Å²) in [4.78, 5) is 0.0465. The van der Waals surface area contributed by atoms with E-state index in [0.717, 1.165) is 6.42 Å². The van der Waals surface area contributed by atoms with Crippen molar-refractivity contribution in [2.75, 3.05) is 6.54 Å². The molecule has 7 heteroatoms. The fraction of sp³-hybridized carbons (Fsp3) is 0.692. The Labute approximate surface area is 127 Å². The lowest BCUT2D eigenvalue weighted by Gasteiger charge is -2.21. The Hall–Kier alpha value is -0.370. The van der Waals surface area contributed by atoms with Crippen molar-refractivity contribution in [2.45, 2.75) is 50.0 Å². The van der Waals surface area contributed by atoms with Gasteiger partial charge in [-0.3, -0.25) is 0 Å². The van der Waals surface area contributed by atoms with Crippen molar-refractivity contribution in [3.8, 4) is 0 Å². The number of halogens is 1. The summed E-state index contributed by atoms with van der Waals surface area (Å²) in [6.07, 6.45) is 7.09. The molecule has 1 aromatic rings. The molecule has 1 aliphatic carbocycles. The van der Waals surface area contributed by atoms with Crippen LogP contribution in [0.25, 0.3) is 0 Å². The van der Waals surface area contributed by atoms with Crippen LogP contribution in [0.1, 0.15) is 44.3 Å². The zero-order valence-electron chi connectivity index (χ0n) is 11.3. The van der Waals surface area contributed by atoms with E-state index in [4.69, 9.17) is 9.52 Å². The fourth-order valence-corrected chi connectivity index (χ4v) is 4.65. The molecule has 1 saturated carbocycles. The van der Waals surface area contributed by atoms with Crippen molar-refractivity contribution in [1.82, 2.24) is 4.72 Å². The standard InChI is InChI=1S/C13H20BrNO4S/c14-13-12(8-11(9-16)19-13)20(17,18)15-7-6-10-4-2-1-3-5-10/h8,10,15-16H,1-7,9H2. The summed E-state index contributed by atoms with van der Waals surface area (Å²) in [5.74, 6) is 0.858. The Morgan fingerprint density at radius 2 is 2.05 bits per heavy atom. The van der Waals surface area contributed by atoms with Crippen LogP contribution < -0.4 is 4.72 Å². The van der Waals surface area contributed by atoms with E-state index in [0.29, 0.717) is 12.5 Å². The summed E-state index contributed by atoms with van der Waals surface area (Å²) >= 11 is 3.07. The summed E-state index contributed by atoms with van der Waals surface area (Å²) < 4.78 is 32.1. The number of furan rings is 1. The van der Waals surface area contributed by atoms with Crippen LogP contribution in [-0.4, -0.2) is 20.1 Å². The molecule has 0 aliphatic heterocycles. The smallest absolute Gasteiger partial charge is 0.244 e. The van der Waals surface area contributed by atoms with Gasteiger partial charge in [0.05, 0.1) is 0 Å². The van der Waals surface area contributed by atoms with E-state index in [9.17, 15) is 8.42 Å². The Morgan fingerprint density at radius 3 is 2.65 bits per heavy atom. The van der Waals surface area contributed by atoms with Gasteiger partial charge in [-0.15, -0.1) is 0 Å². The van der Waals surface area contributed by atoms with Crippen molar-refractivity contribution in [2.24, 2.45) is 5.92 Å². The maximum Gasteiger partial charge on any atom is 0.244 e. The van der Waals surface area contributed by atoms with Crippen LogP contribution in [0.4, 0.5) is 0 Å². The van der Waals surface area contributed by atoms with Gasteiger partial charge in [0.1, 0.15) is 17.3 Å². The summed E-state index contributed by atoms with van der Waals surface area (Å²) in [6.45, 7) is 0.120. The first-order chi connectivity index (χ1) is 9.53. The Kier molecular flexibility index (Phi) is 5.65. The number of aliphatic hydroxyl groups is 1. The van der Waals surface area contributed by atoms with Gasteiger partial charge in [0.15, 0.2) is 4.67 Å². The van der Waals surface area contributed by atoms with Crippen molar-refractivity contribution >= 4 is 26.0 Å². The molecule has 1 heterocycles. The first kappa shape index (κ1) is 16.0. The molecule has 0 unspecified atom stereocenters. The third-order valence-electron chi connectivity index (χ3n) is 3.72. The molecule has 0 bridgehead atoms. The zero-order valence-corrected chi connectivity index (χ0v) is 13.7. The molecule has 1 aromatic heterocycles. The van der Waals surface area contributed by atoms with Gasteiger partial charge >= 0.3 is 0 Å². The second-order valence-electron chi connectivity index (χ2n) is 5.20. The zero-order chi connectivity index (χ0) is 14.6. The lowest BCUT2D eigenvalue weighted by atomic mass is 9.87. The van der Waals surface area contributed by atoms with Crippen LogP contribution >= 0.6 is 15.9 Å². The molecule has 2 rings (SSSR count).